The van der Waals surface area contributed by atoms with Gasteiger partial charge in [0.05, 0.1) is 22.2 Å². The molecule has 41 heavy (non-hydrogen) atoms. The molecule has 188 valence electrons. The Morgan fingerprint density at radius 1 is 0.366 bits per heavy atom. The second-order valence-corrected chi connectivity index (χ2v) is 10.9. The van der Waals surface area contributed by atoms with Gasteiger partial charge < -0.3 is 0 Å². The highest BCUT2D eigenvalue weighted by Crippen LogP contribution is 2.49. The molecule has 10 rings (SSSR count). The van der Waals surface area contributed by atoms with E-state index in [0.29, 0.717) is 5.95 Å². The molecule has 0 radical (unpaired) electrons. The van der Waals surface area contributed by atoms with Crippen molar-refractivity contribution in [1.82, 2.24) is 14.5 Å². The van der Waals surface area contributed by atoms with E-state index in [1.807, 2.05) is 6.07 Å². The molecule has 0 fully saturated rings. The van der Waals surface area contributed by atoms with Crippen molar-refractivity contribution >= 4 is 75.8 Å². The van der Waals surface area contributed by atoms with Gasteiger partial charge in [0.1, 0.15) is 0 Å². The molecule has 0 N–H and O–H groups in total. The van der Waals surface area contributed by atoms with Crippen LogP contribution in [0.5, 0.6) is 0 Å². The lowest BCUT2D eigenvalue weighted by Gasteiger charge is -2.16. The summed E-state index contributed by atoms with van der Waals surface area (Å²) in [5.74, 6) is 0.696. The van der Waals surface area contributed by atoms with Gasteiger partial charge in [0.15, 0.2) is 0 Å². The lowest BCUT2D eigenvalue weighted by atomic mass is 9.86. The number of nitrogens with zero attached hydrogens (tertiary/aromatic N) is 3. The Kier molecular flexibility index (Phi) is 3.93. The fourth-order valence-electron chi connectivity index (χ4n) is 7.28. The molecule has 0 aliphatic rings. The first kappa shape index (κ1) is 21.3. The Hall–Kier alpha value is -5.54. The second-order valence-electron chi connectivity index (χ2n) is 10.9. The average molecular weight is 520 g/mol. The first-order chi connectivity index (χ1) is 20.4. The van der Waals surface area contributed by atoms with Gasteiger partial charge in [0.25, 0.3) is 0 Å². The highest BCUT2D eigenvalue weighted by Gasteiger charge is 2.24. The minimum Gasteiger partial charge on any atom is -0.278 e. The van der Waals surface area contributed by atoms with Crippen LogP contribution in [0.15, 0.2) is 127 Å². The molecule has 0 aliphatic carbocycles. The van der Waals surface area contributed by atoms with Gasteiger partial charge in [0.2, 0.25) is 5.95 Å². The number of rotatable bonds is 2. The third kappa shape index (κ3) is 2.63. The maximum atomic E-state index is 5.28. The molecular formula is C38H21N3. The quantitative estimate of drug-likeness (QED) is 0.168. The van der Waals surface area contributed by atoms with E-state index in [9.17, 15) is 0 Å². The average Bonchev–Trinajstić information content (AvgIpc) is 3.39. The van der Waals surface area contributed by atoms with Crippen LogP contribution in [0.2, 0.25) is 0 Å². The molecule has 8 aromatic carbocycles. The summed E-state index contributed by atoms with van der Waals surface area (Å²) in [5.41, 5.74) is 5.25. The zero-order valence-electron chi connectivity index (χ0n) is 22.0. The van der Waals surface area contributed by atoms with Crippen molar-refractivity contribution in [3.63, 3.8) is 0 Å². The lowest BCUT2D eigenvalue weighted by Crippen LogP contribution is -2.03. The minimum absolute atomic E-state index is 0.696. The smallest absolute Gasteiger partial charge is 0.235 e. The summed E-state index contributed by atoms with van der Waals surface area (Å²) in [6, 6.07) is 45.6. The van der Waals surface area contributed by atoms with E-state index in [1.54, 1.807) is 0 Å². The number of aromatic nitrogens is 3. The van der Waals surface area contributed by atoms with E-state index in [1.165, 1.54) is 53.9 Å². The molecule has 0 saturated heterocycles. The van der Waals surface area contributed by atoms with Gasteiger partial charge in [0, 0.05) is 27.1 Å². The molecule has 2 aromatic heterocycles. The summed E-state index contributed by atoms with van der Waals surface area (Å²) in [5, 5.41) is 14.1. The summed E-state index contributed by atoms with van der Waals surface area (Å²) < 4.78 is 2.28. The molecule has 2 heterocycles. The number of fused-ring (bicyclic) bond motifs is 5. The molecule has 0 saturated carbocycles. The third-order valence-corrected chi connectivity index (χ3v) is 8.91. The predicted molar refractivity (Wildman–Crippen MR) is 172 cm³/mol. The summed E-state index contributed by atoms with van der Waals surface area (Å²) in [4.78, 5) is 10.5. The molecule has 0 spiro atoms. The monoisotopic (exact) mass is 519 g/mol. The van der Waals surface area contributed by atoms with E-state index in [-0.39, 0.29) is 0 Å². The Morgan fingerprint density at radius 2 is 0.951 bits per heavy atom. The van der Waals surface area contributed by atoms with Gasteiger partial charge in [-0.1, -0.05) is 109 Å². The Labute approximate surface area is 234 Å². The number of benzene rings is 8. The molecular weight excluding hydrogens is 498 g/mol. The Balaban J connectivity index is 1.44. The van der Waals surface area contributed by atoms with Gasteiger partial charge in [-0.2, -0.15) is 0 Å². The summed E-state index contributed by atoms with van der Waals surface area (Å²) >= 11 is 0. The van der Waals surface area contributed by atoms with Crippen molar-refractivity contribution in [2.45, 2.75) is 0 Å². The minimum atomic E-state index is 0.696. The number of hydrogen-bond acceptors (Lipinski definition) is 2. The van der Waals surface area contributed by atoms with Crippen LogP contribution in [-0.4, -0.2) is 14.5 Å². The molecule has 10 aromatic rings. The Morgan fingerprint density at radius 3 is 1.76 bits per heavy atom. The van der Waals surface area contributed by atoms with E-state index >= 15 is 0 Å². The first-order valence-corrected chi connectivity index (χ1v) is 14.0. The summed E-state index contributed by atoms with van der Waals surface area (Å²) in [6.07, 6.45) is 0. The standard InChI is InChI=1S/C38H21N3/c1-2-10-22(11-3-1)37-29-14-6-7-18-30(29)39-38(40-37)41-31-19-9-17-27-26-16-8-15-25-23-12-4-5-13-24(23)28-20-21-32(41)36(34(27)31)35(28)33(25)26/h1-21H. The SMILES string of the molecule is c1ccc(-c2nc(-n3c4cccc5c6cccc7c8ccccc8c8ccc3c(c8c76)c54)nc3ccccc23)cc1. The third-order valence-electron chi connectivity index (χ3n) is 8.91. The molecule has 3 nitrogen and oxygen atoms in total. The van der Waals surface area contributed by atoms with Crippen molar-refractivity contribution in [2.75, 3.05) is 0 Å². The van der Waals surface area contributed by atoms with Crippen LogP contribution in [0.1, 0.15) is 0 Å². The van der Waals surface area contributed by atoms with Crippen molar-refractivity contribution in [2.24, 2.45) is 0 Å². The molecule has 0 atom stereocenters. The zero-order valence-corrected chi connectivity index (χ0v) is 22.0. The van der Waals surface area contributed by atoms with Crippen LogP contribution >= 0.6 is 0 Å². The maximum absolute atomic E-state index is 5.28. The van der Waals surface area contributed by atoms with Gasteiger partial charge in [-0.3, -0.25) is 4.57 Å². The zero-order chi connectivity index (χ0) is 26.7. The van der Waals surface area contributed by atoms with Crippen molar-refractivity contribution in [1.29, 1.82) is 0 Å². The Bertz CT molecular complexity index is 2630. The van der Waals surface area contributed by atoms with E-state index in [4.69, 9.17) is 9.97 Å². The van der Waals surface area contributed by atoms with Crippen LogP contribution in [0.3, 0.4) is 0 Å². The van der Waals surface area contributed by atoms with Gasteiger partial charge in [-0.05, 0) is 55.9 Å². The highest BCUT2D eigenvalue weighted by atomic mass is 15.2. The highest BCUT2D eigenvalue weighted by molar-refractivity contribution is 6.44. The molecule has 0 bridgehead atoms. The number of hydrogen-bond donors (Lipinski definition) is 0. The van der Waals surface area contributed by atoms with E-state index in [0.717, 1.165) is 33.2 Å². The van der Waals surface area contributed by atoms with E-state index < -0.39 is 0 Å². The van der Waals surface area contributed by atoms with Crippen LogP contribution in [0.4, 0.5) is 0 Å². The van der Waals surface area contributed by atoms with Gasteiger partial charge in [-0.15, -0.1) is 0 Å². The summed E-state index contributed by atoms with van der Waals surface area (Å²) in [7, 11) is 0. The van der Waals surface area contributed by atoms with E-state index in [2.05, 4.69) is 126 Å². The molecule has 0 aliphatic heterocycles. The molecule has 3 heteroatoms. The van der Waals surface area contributed by atoms with Crippen molar-refractivity contribution < 1.29 is 0 Å². The van der Waals surface area contributed by atoms with Crippen molar-refractivity contribution in [3.8, 4) is 17.2 Å². The first-order valence-electron chi connectivity index (χ1n) is 14.0. The van der Waals surface area contributed by atoms with Gasteiger partial charge in [-0.25, -0.2) is 9.97 Å². The van der Waals surface area contributed by atoms with Crippen LogP contribution in [0.25, 0.3) is 93.0 Å². The van der Waals surface area contributed by atoms with Gasteiger partial charge >= 0.3 is 0 Å². The number of para-hydroxylation sites is 1. The topological polar surface area (TPSA) is 30.7 Å². The fraction of sp³-hybridized carbons (Fsp3) is 0. The van der Waals surface area contributed by atoms with Crippen molar-refractivity contribution in [3.05, 3.63) is 127 Å². The molecule has 0 amide bonds. The van der Waals surface area contributed by atoms with Crippen LogP contribution in [-0.2, 0) is 0 Å². The fourth-order valence-corrected chi connectivity index (χ4v) is 7.28. The largest absolute Gasteiger partial charge is 0.278 e. The van der Waals surface area contributed by atoms with Crippen LogP contribution < -0.4 is 0 Å². The molecule has 0 unspecified atom stereocenters. The van der Waals surface area contributed by atoms with Crippen LogP contribution in [0, 0.1) is 0 Å². The predicted octanol–water partition coefficient (Wildman–Crippen LogP) is 9.88. The maximum Gasteiger partial charge on any atom is 0.235 e. The summed E-state index contributed by atoms with van der Waals surface area (Å²) in [6.45, 7) is 0. The normalized spacial score (nSPS) is 12.4. The lowest BCUT2D eigenvalue weighted by molar-refractivity contribution is 1.01. The second kappa shape index (κ2) is 7.56.